The molecule has 0 amide bonds. The summed E-state index contributed by atoms with van der Waals surface area (Å²) in [6.45, 7) is 9.47. The second kappa shape index (κ2) is 9.80. The first-order chi connectivity index (χ1) is 10.1. The Labute approximate surface area is 130 Å². The lowest BCUT2D eigenvalue weighted by atomic mass is 9.97. The number of para-hydroxylation sites is 1. The van der Waals surface area contributed by atoms with Crippen LogP contribution in [0.2, 0.25) is 0 Å². The first-order valence-electron chi connectivity index (χ1n) is 8.15. The molecule has 1 aromatic rings. The molecular formula is C18H31NO2. The van der Waals surface area contributed by atoms with E-state index in [9.17, 15) is 0 Å². The van der Waals surface area contributed by atoms with Gasteiger partial charge in [-0.1, -0.05) is 38.5 Å². The second-order valence-corrected chi connectivity index (χ2v) is 5.70. The van der Waals surface area contributed by atoms with Crippen molar-refractivity contribution in [3.05, 3.63) is 29.8 Å². The van der Waals surface area contributed by atoms with Gasteiger partial charge in [-0.2, -0.15) is 0 Å². The van der Waals surface area contributed by atoms with Gasteiger partial charge in [0.25, 0.3) is 0 Å². The topological polar surface area (TPSA) is 30.5 Å². The monoisotopic (exact) mass is 293 g/mol. The Balaban J connectivity index is 3.06. The van der Waals surface area contributed by atoms with Crippen molar-refractivity contribution in [2.24, 2.45) is 0 Å². The lowest BCUT2D eigenvalue weighted by Gasteiger charge is -2.29. The smallest absolute Gasteiger partial charge is 0.124 e. The van der Waals surface area contributed by atoms with Gasteiger partial charge in [-0.15, -0.1) is 0 Å². The van der Waals surface area contributed by atoms with Crippen LogP contribution in [0.4, 0.5) is 0 Å². The van der Waals surface area contributed by atoms with Crippen LogP contribution in [0.3, 0.4) is 0 Å². The number of rotatable bonds is 10. The van der Waals surface area contributed by atoms with Gasteiger partial charge in [-0.25, -0.2) is 0 Å². The van der Waals surface area contributed by atoms with Gasteiger partial charge in [-0.3, -0.25) is 0 Å². The Morgan fingerprint density at radius 1 is 1.10 bits per heavy atom. The first kappa shape index (κ1) is 18.0. The summed E-state index contributed by atoms with van der Waals surface area (Å²) in [5.41, 5.74) is 1.19. The van der Waals surface area contributed by atoms with Crippen molar-refractivity contribution < 1.29 is 9.47 Å². The Hall–Kier alpha value is -1.06. The van der Waals surface area contributed by atoms with E-state index in [0.717, 1.165) is 31.6 Å². The molecule has 120 valence electrons. The Kier molecular flexibility index (Phi) is 8.40. The molecule has 0 saturated heterocycles. The highest BCUT2D eigenvalue weighted by Crippen LogP contribution is 2.30. The molecule has 0 aliphatic rings. The predicted molar refractivity (Wildman–Crippen MR) is 88.9 cm³/mol. The minimum absolute atomic E-state index is 0.165. The molecule has 3 nitrogen and oxygen atoms in total. The van der Waals surface area contributed by atoms with E-state index in [2.05, 4.69) is 51.2 Å². The van der Waals surface area contributed by atoms with Crippen molar-refractivity contribution in [1.82, 2.24) is 5.32 Å². The van der Waals surface area contributed by atoms with E-state index in [1.165, 1.54) is 5.56 Å². The molecule has 0 aliphatic heterocycles. The van der Waals surface area contributed by atoms with Gasteiger partial charge in [0, 0.05) is 12.7 Å². The molecule has 0 aliphatic carbocycles. The van der Waals surface area contributed by atoms with Crippen LogP contribution < -0.4 is 10.1 Å². The van der Waals surface area contributed by atoms with Crippen molar-refractivity contribution in [1.29, 1.82) is 0 Å². The zero-order valence-corrected chi connectivity index (χ0v) is 14.2. The molecule has 1 N–H and O–H groups in total. The number of hydrogen-bond donors (Lipinski definition) is 1. The highest BCUT2D eigenvalue weighted by molar-refractivity contribution is 5.37. The maximum Gasteiger partial charge on any atom is 0.124 e. The van der Waals surface area contributed by atoms with E-state index >= 15 is 0 Å². The van der Waals surface area contributed by atoms with Crippen molar-refractivity contribution >= 4 is 0 Å². The van der Waals surface area contributed by atoms with Crippen molar-refractivity contribution in [2.75, 3.05) is 13.7 Å². The summed E-state index contributed by atoms with van der Waals surface area (Å²) in [5, 5.41) is 3.63. The minimum atomic E-state index is 0.165. The summed E-state index contributed by atoms with van der Waals surface area (Å²) in [6, 6.07) is 8.47. The van der Waals surface area contributed by atoms with E-state index in [4.69, 9.17) is 9.47 Å². The molecule has 0 saturated carbocycles. The molecule has 0 spiro atoms. The number of ether oxygens (including phenoxy) is 2. The fourth-order valence-corrected chi connectivity index (χ4v) is 2.55. The second-order valence-electron chi connectivity index (χ2n) is 5.70. The van der Waals surface area contributed by atoms with E-state index in [0.29, 0.717) is 0 Å². The molecule has 2 unspecified atom stereocenters. The number of methoxy groups -OCH3 is 1. The molecule has 1 aromatic carbocycles. The van der Waals surface area contributed by atoms with Crippen LogP contribution in [-0.2, 0) is 4.74 Å². The van der Waals surface area contributed by atoms with Crippen LogP contribution >= 0.6 is 0 Å². The quantitative estimate of drug-likeness (QED) is 0.696. The minimum Gasteiger partial charge on any atom is -0.491 e. The van der Waals surface area contributed by atoms with Crippen LogP contribution in [0.25, 0.3) is 0 Å². The van der Waals surface area contributed by atoms with Crippen LogP contribution in [0, 0.1) is 0 Å². The lowest BCUT2D eigenvalue weighted by Crippen LogP contribution is -2.34. The number of nitrogens with one attached hydrogen (secondary N) is 1. The van der Waals surface area contributed by atoms with E-state index in [-0.39, 0.29) is 18.2 Å². The summed E-state index contributed by atoms with van der Waals surface area (Å²) < 4.78 is 11.7. The highest BCUT2D eigenvalue weighted by atomic mass is 16.5. The van der Waals surface area contributed by atoms with Gasteiger partial charge in [-0.05, 0) is 39.3 Å². The van der Waals surface area contributed by atoms with E-state index in [1.807, 2.05) is 6.07 Å². The summed E-state index contributed by atoms with van der Waals surface area (Å²) >= 11 is 0. The van der Waals surface area contributed by atoms with Crippen molar-refractivity contribution in [3.8, 4) is 5.75 Å². The predicted octanol–water partition coefficient (Wildman–Crippen LogP) is 4.33. The third-order valence-corrected chi connectivity index (χ3v) is 3.48. The van der Waals surface area contributed by atoms with Gasteiger partial charge < -0.3 is 14.8 Å². The normalized spacial score (nSPS) is 14.2. The molecule has 2 atom stereocenters. The summed E-state index contributed by atoms with van der Waals surface area (Å²) in [5.74, 6) is 0.958. The largest absolute Gasteiger partial charge is 0.491 e. The maximum absolute atomic E-state index is 5.98. The SMILES string of the molecule is CCCNC(c1ccccc1OC(C)C)C(CCC)OC. The molecule has 1 rings (SSSR count). The van der Waals surface area contributed by atoms with Crippen LogP contribution in [0.1, 0.15) is 58.6 Å². The maximum atomic E-state index is 5.98. The van der Waals surface area contributed by atoms with Gasteiger partial charge >= 0.3 is 0 Å². The summed E-state index contributed by atoms with van der Waals surface area (Å²) in [7, 11) is 1.80. The lowest BCUT2D eigenvalue weighted by molar-refractivity contribution is 0.0592. The van der Waals surface area contributed by atoms with Gasteiger partial charge in [0.15, 0.2) is 0 Å². The van der Waals surface area contributed by atoms with Crippen LogP contribution in [0.5, 0.6) is 5.75 Å². The fraction of sp³-hybridized carbons (Fsp3) is 0.667. The molecule has 3 heteroatoms. The zero-order valence-electron chi connectivity index (χ0n) is 14.2. The fourth-order valence-electron chi connectivity index (χ4n) is 2.55. The average Bonchev–Trinajstić information content (AvgIpc) is 2.47. The third-order valence-electron chi connectivity index (χ3n) is 3.48. The summed E-state index contributed by atoms with van der Waals surface area (Å²) in [4.78, 5) is 0. The molecule has 0 bridgehead atoms. The first-order valence-corrected chi connectivity index (χ1v) is 8.15. The number of hydrogen-bond acceptors (Lipinski definition) is 3. The molecule has 0 radical (unpaired) electrons. The average molecular weight is 293 g/mol. The molecule has 0 fully saturated rings. The Bertz CT molecular complexity index is 393. The van der Waals surface area contributed by atoms with E-state index in [1.54, 1.807) is 7.11 Å². The van der Waals surface area contributed by atoms with Gasteiger partial charge in [0.05, 0.1) is 18.2 Å². The third kappa shape index (κ3) is 5.68. The number of benzene rings is 1. The summed E-state index contributed by atoms with van der Waals surface area (Å²) in [6.07, 6.45) is 3.58. The van der Waals surface area contributed by atoms with Crippen LogP contribution in [0.15, 0.2) is 24.3 Å². The van der Waals surface area contributed by atoms with Gasteiger partial charge in [0.2, 0.25) is 0 Å². The van der Waals surface area contributed by atoms with E-state index < -0.39 is 0 Å². The van der Waals surface area contributed by atoms with Crippen LogP contribution in [-0.4, -0.2) is 25.9 Å². The molecular weight excluding hydrogens is 262 g/mol. The highest BCUT2D eigenvalue weighted by Gasteiger charge is 2.24. The molecule has 0 aromatic heterocycles. The zero-order chi connectivity index (χ0) is 15.7. The van der Waals surface area contributed by atoms with Crippen molar-refractivity contribution in [2.45, 2.75) is 65.2 Å². The van der Waals surface area contributed by atoms with Crippen molar-refractivity contribution in [3.63, 3.8) is 0 Å². The van der Waals surface area contributed by atoms with Gasteiger partial charge in [0.1, 0.15) is 5.75 Å². The molecule has 0 heterocycles. The standard InChI is InChI=1S/C18H31NO2/c1-6-10-17(20-5)18(19-13-7-2)15-11-8-9-12-16(15)21-14(3)4/h8-9,11-12,14,17-19H,6-7,10,13H2,1-5H3. The Morgan fingerprint density at radius 3 is 2.38 bits per heavy atom. The Morgan fingerprint density at radius 2 is 1.81 bits per heavy atom. The molecule has 21 heavy (non-hydrogen) atoms.